The van der Waals surface area contributed by atoms with Gasteiger partial charge in [0, 0.05) is 18.8 Å². The summed E-state index contributed by atoms with van der Waals surface area (Å²) in [7, 11) is 0. The van der Waals surface area contributed by atoms with E-state index in [0.29, 0.717) is 11.5 Å². The van der Waals surface area contributed by atoms with E-state index in [1.807, 2.05) is 12.1 Å². The molecule has 0 atom stereocenters. The van der Waals surface area contributed by atoms with Crippen molar-refractivity contribution in [2.75, 3.05) is 29.0 Å². The van der Waals surface area contributed by atoms with Crippen molar-refractivity contribution < 1.29 is 0 Å². The Morgan fingerprint density at radius 2 is 1.91 bits per heavy atom. The predicted octanol–water partition coefficient (Wildman–Crippen LogP) is 3.66. The summed E-state index contributed by atoms with van der Waals surface area (Å²) in [4.78, 5) is 11.0. The maximum Gasteiger partial charge on any atom is 0.159 e. The molecule has 5 heteroatoms. The minimum Gasteiger partial charge on any atom is -0.393 e. The minimum absolute atomic E-state index is 0.628. The molecule has 0 aliphatic carbocycles. The number of hydrogen-bond donors (Lipinski definition) is 2. The average Bonchev–Trinajstić information content (AvgIpc) is 2.55. The summed E-state index contributed by atoms with van der Waals surface area (Å²) in [5.74, 6) is 2.31. The van der Waals surface area contributed by atoms with Crippen LogP contribution in [0.15, 0.2) is 24.5 Å². The van der Waals surface area contributed by atoms with Crippen LogP contribution in [0.3, 0.4) is 0 Å². The van der Waals surface area contributed by atoms with Gasteiger partial charge < -0.3 is 16.0 Å². The van der Waals surface area contributed by atoms with Crippen LogP contribution in [0.25, 0.3) is 0 Å². The summed E-state index contributed by atoms with van der Waals surface area (Å²) in [6.07, 6.45) is 3.96. The number of aromatic nitrogens is 2. The number of nitrogens with one attached hydrogen (secondary N) is 1. The first-order valence-electron chi connectivity index (χ1n) is 8.25. The maximum absolute atomic E-state index is 6.36. The van der Waals surface area contributed by atoms with E-state index < -0.39 is 0 Å². The molecule has 0 amide bonds. The summed E-state index contributed by atoms with van der Waals surface area (Å²) in [5, 5.41) is 3.37. The lowest BCUT2D eigenvalue weighted by molar-refractivity contribution is 0.437. The van der Waals surface area contributed by atoms with Crippen molar-refractivity contribution in [3.8, 4) is 0 Å². The standard InChI is InChI=1S/C18H25N5/c1-12-7-9-23(10-8-12)18-16(19)17(20-11-21-18)22-15-6-4-5-13(2)14(15)3/h4-6,11-12H,7-10,19H2,1-3H3,(H,20,21,22). The molecule has 122 valence electrons. The summed E-state index contributed by atoms with van der Waals surface area (Å²) < 4.78 is 0. The molecule has 0 unspecified atom stereocenters. The highest BCUT2D eigenvalue weighted by atomic mass is 15.2. The van der Waals surface area contributed by atoms with Crippen molar-refractivity contribution in [1.82, 2.24) is 9.97 Å². The van der Waals surface area contributed by atoms with E-state index in [0.717, 1.165) is 30.5 Å². The zero-order valence-electron chi connectivity index (χ0n) is 14.1. The lowest BCUT2D eigenvalue weighted by Gasteiger charge is -2.32. The second-order valence-corrected chi connectivity index (χ2v) is 6.50. The van der Waals surface area contributed by atoms with Gasteiger partial charge in [-0.25, -0.2) is 9.97 Å². The van der Waals surface area contributed by atoms with Gasteiger partial charge in [0.2, 0.25) is 0 Å². The number of rotatable bonds is 3. The van der Waals surface area contributed by atoms with Crippen LogP contribution in [0, 0.1) is 19.8 Å². The lowest BCUT2D eigenvalue weighted by atomic mass is 9.99. The van der Waals surface area contributed by atoms with Crippen LogP contribution in [-0.2, 0) is 0 Å². The summed E-state index contributed by atoms with van der Waals surface area (Å²) in [6.45, 7) is 8.51. The van der Waals surface area contributed by atoms with E-state index in [4.69, 9.17) is 5.73 Å². The summed E-state index contributed by atoms with van der Waals surface area (Å²) >= 11 is 0. The van der Waals surface area contributed by atoms with Crippen LogP contribution >= 0.6 is 0 Å². The molecule has 23 heavy (non-hydrogen) atoms. The number of piperidine rings is 1. The van der Waals surface area contributed by atoms with Gasteiger partial charge >= 0.3 is 0 Å². The smallest absolute Gasteiger partial charge is 0.159 e. The van der Waals surface area contributed by atoms with Crippen LogP contribution in [0.1, 0.15) is 30.9 Å². The molecule has 3 N–H and O–H groups in total. The fourth-order valence-corrected chi connectivity index (χ4v) is 2.97. The lowest BCUT2D eigenvalue weighted by Crippen LogP contribution is -2.34. The maximum atomic E-state index is 6.36. The molecule has 1 aliphatic heterocycles. The molecule has 0 saturated carbocycles. The molecule has 2 aromatic rings. The van der Waals surface area contributed by atoms with E-state index in [1.165, 1.54) is 24.0 Å². The Balaban J connectivity index is 1.86. The Morgan fingerprint density at radius 1 is 1.17 bits per heavy atom. The van der Waals surface area contributed by atoms with Gasteiger partial charge in [-0.05, 0) is 49.8 Å². The minimum atomic E-state index is 0.628. The first kappa shape index (κ1) is 15.6. The van der Waals surface area contributed by atoms with E-state index in [9.17, 15) is 0 Å². The summed E-state index contributed by atoms with van der Waals surface area (Å²) in [5.41, 5.74) is 10.5. The van der Waals surface area contributed by atoms with E-state index in [-0.39, 0.29) is 0 Å². The van der Waals surface area contributed by atoms with Crippen LogP contribution < -0.4 is 16.0 Å². The highest BCUT2D eigenvalue weighted by Crippen LogP contribution is 2.32. The molecule has 1 aliphatic rings. The summed E-state index contributed by atoms with van der Waals surface area (Å²) in [6, 6.07) is 6.19. The number of hydrogen-bond acceptors (Lipinski definition) is 5. The highest BCUT2D eigenvalue weighted by molar-refractivity contribution is 5.79. The first-order chi connectivity index (χ1) is 11.1. The first-order valence-corrected chi connectivity index (χ1v) is 8.25. The van der Waals surface area contributed by atoms with Gasteiger partial charge in [-0.15, -0.1) is 0 Å². The topological polar surface area (TPSA) is 67.1 Å². The Kier molecular flexibility index (Phi) is 4.37. The van der Waals surface area contributed by atoms with Crippen molar-refractivity contribution >= 4 is 23.0 Å². The fraction of sp³-hybridized carbons (Fsp3) is 0.444. The van der Waals surface area contributed by atoms with Crippen molar-refractivity contribution in [1.29, 1.82) is 0 Å². The third-order valence-electron chi connectivity index (χ3n) is 4.80. The molecule has 2 heterocycles. The van der Waals surface area contributed by atoms with Gasteiger partial charge in [0.15, 0.2) is 11.6 Å². The fourth-order valence-electron chi connectivity index (χ4n) is 2.97. The Hall–Kier alpha value is -2.30. The molecule has 0 radical (unpaired) electrons. The van der Waals surface area contributed by atoms with Crippen molar-refractivity contribution in [2.45, 2.75) is 33.6 Å². The van der Waals surface area contributed by atoms with Gasteiger partial charge in [0.25, 0.3) is 0 Å². The largest absolute Gasteiger partial charge is 0.393 e. The number of nitrogen functional groups attached to an aromatic ring is 1. The predicted molar refractivity (Wildman–Crippen MR) is 96.3 cm³/mol. The van der Waals surface area contributed by atoms with Gasteiger partial charge in [0.1, 0.15) is 12.0 Å². The quantitative estimate of drug-likeness (QED) is 0.905. The average molecular weight is 311 g/mol. The molecule has 5 nitrogen and oxygen atoms in total. The monoisotopic (exact) mass is 311 g/mol. The third kappa shape index (κ3) is 3.23. The molecule has 0 bridgehead atoms. The zero-order valence-corrected chi connectivity index (χ0v) is 14.1. The third-order valence-corrected chi connectivity index (χ3v) is 4.80. The molecular formula is C18H25N5. The highest BCUT2D eigenvalue weighted by Gasteiger charge is 2.20. The molecule has 1 aromatic carbocycles. The Morgan fingerprint density at radius 3 is 2.65 bits per heavy atom. The number of nitrogens with zero attached hydrogens (tertiary/aromatic N) is 3. The van der Waals surface area contributed by atoms with Gasteiger partial charge in [0.05, 0.1) is 0 Å². The Labute approximate surface area is 137 Å². The molecule has 1 aromatic heterocycles. The van der Waals surface area contributed by atoms with Crippen LogP contribution in [-0.4, -0.2) is 23.1 Å². The number of nitrogens with two attached hydrogens (primary N) is 1. The molecule has 1 fully saturated rings. The van der Waals surface area contributed by atoms with E-state index in [2.05, 4.69) is 47.0 Å². The van der Waals surface area contributed by atoms with Crippen LogP contribution in [0.5, 0.6) is 0 Å². The van der Waals surface area contributed by atoms with Gasteiger partial charge in [-0.3, -0.25) is 0 Å². The number of benzene rings is 1. The SMILES string of the molecule is Cc1cccc(Nc2ncnc(N3CCC(C)CC3)c2N)c1C. The zero-order chi connectivity index (χ0) is 16.4. The number of anilines is 4. The van der Waals surface area contributed by atoms with Crippen LogP contribution in [0.4, 0.5) is 23.0 Å². The van der Waals surface area contributed by atoms with Crippen molar-refractivity contribution in [3.63, 3.8) is 0 Å². The molecule has 3 rings (SSSR count). The second kappa shape index (κ2) is 6.44. The molecule has 0 spiro atoms. The number of aryl methyl sites for hydroxylation is 1. The Bertz CT molecular complexity index is 690. The van der Waals surface area contributed by atoms with E-state index in [1.54, 1.807) is 6.33 Å². The van der Waals surface area contributed by atoms with Crippen molar-refractivity contribution in [3.05, 3.63) is 35.7 Å². The van der Waals surface area contributed by atoms with Crippen LogP contribution in [0.2, 0.25) is 0 Å². The van der Waals surface area contributed by atoms with Gasteiger partial charge in [-0.2, -0.15) is 0 Å². The molecular weight excluding hydrogens is 286 g/mol. The van der Waals surface area contributed by atoms with Gasteiger partial charge in [-0.1, -0.05) is 19.1 Å². The van der Waals surface area contributed by atoms with E-state index >= 15 is 0 Å². The normalized spacial score (nSPS) is 15.7. The van der Waals surface area contributed by atoms with Crippen molar-refractivity contribution in [2.24, 2.45) is 5.92 Å². The second-order valence-electron chi connectivity index (χ2n) is 6.50. The molecule has 1 saturated heterocycles.